The van der Waals surface area contributed by atoms with Gasteiger partial charge in [0.05, 0.1) is 10.9 Å². The first kappa shape index (κ1) is 14.8. The molecular formula is C13H15FN2O3S. The van der Waals surface area contributed by atoms with E-state index >= 15 is 0 Å². The maximum atomic E-state index is 13.1. The minimum absolute atomic E-state index is 0.0923. The fraction of sp³-hybridized carbons (Fsp3) is 0.462. The van der Waals surface area contributed by atoms with E-state index in [1.165, 1.54) is 22.5 Å². The van der Waals surface area contributed by atoms with Crippen molar-refractivity contribution in [2.45, 2.75) is 30.7 Å². The van der Waals surface area contributed by atoms with E-state index < -0.39 is 15.8 Å². The number of aliphatic imine (C=N–C) groups is 1. The van der Waals surface area contributed by atoms with Crippen LogP contribution in [0.4, 0.5) is 4.39 Å². The van der Waals surface area contributed by atoms with E-state index in [1.54, 1.807) is 6.92 Å². The number of piperidine rings is 1. The van der Waals surface area contributed by atoms with Crippen LogP contribution in [0.3, 0.4) is 0 Å². The number of hydrogen-bond acceptors (Lipinski definition) is 4. The van der Waals surface area contributed by atoms with Crippen molar-refractivity contribution >= 4 is 16.1 Å². The van der Waals surface area contributed by atoms with Crippen molar-refractivity contribution in [3.8, 4) is 0 Å². The molecular weight excluding hydrogens is 283 g/mol. The predicted molar refractivity (Wildman–Crippen MR) is 71.0 cm³/mol. The topological polar surface area (TPSA) is 66.8 Å². The molecule has 0 aromatic heterocycles. The van der Waals surface area contributed by atoms with Gasteiger partial charge >= 0.3 is 0 Å². The quantitative estimate of drug-likeness (QED) is 0.629. The molecule has 7 heteroatoms. The number of halogens is 1. The Morgan fingerprint density at radius 2 is 2.20 bits per heavy atom. The second-order valence-electron chi connectivity index (χ2n) is 4.79. The van der Waals surface area contributed by atoms with Gasteiger partial charge in [-0.1, -0.05) is 0 Å². The van der Waals surface area contributed by atoms with Gasteiger partial charge in [0.2, 0.25) is 16.1 Å². The molecule has 1 aliphatic heterocycles. The number of benzene rings is 1. The van der Waals surface area contributed by atoms with Crippen molar-refractivity contribution in [2.24, 2.45) is 4.99 Å². The molecule has 1 aromatic rings. The highest BCUT2D eigenvalue weighted by Gasteiger charge is 2.31. The van der Waals surface area contributed by atoms with Crippen LogP contribution in [0.2, 0.25) is 0 Å². The highest BCUT2D eigenvalue weighted by atomic mass is 32.2. The lowest BCUT2D eigenvalue weighted by Crippen LogP contribution is -2.41. The second-order valence-corrected chi connectivity index (χ2v) is 6.70. The summed E-state index contributed by atoms with van der Waals surface area (Å²) in [4.78, 5) is 14.0. The molecule has 5 nitrogen and oxygen atoms in total. The number of sulfonamides is 1. The van der Waals surface area contributed by atoms with Gasteiger partial charge in [0.25, 0.3) is 0 Å². The predicted octanol–water partition coefficient (Wildman–Crippen LogP) is 1.62. The fourth-order valence-corrected chi connectivity index (χ4v) is 4.08. The van der Waals surface area contributed by atoms with Gasteiger partial charge in [-0.25, -0.2) is 22.6 Å². The first-order valence-corrected chi connectivity index (χ1v) is 7.72. The van der Waals surface area contributed by atoms with E-state index in [0.717, 1.165) is 6.07 Å². The summed E-state index contributed by atoms with van der Waals surface area (Å²) in [5.41, 5.74) is 0.367. The number of rotatable bonds is 3. The zero-order valence-corrected chi connectivity index (χ0v) is 11.9. The van der Waals surface area contributed by atoms with Gasteiger partial charge in [-0.15, -0.1) is 0 Å². The van der Waals surface area contributed by atoms with Crippen molar-refractivity contribution in [3.63, 3.8) is 0 Å². The monoisotopic (exact) mass is 298 g/mol. The van der Waals surface area contributed by atoms with E-state index in [9.17, 15) is 17.6 Å². The number of aryl methyl sites for hydroxylation is 1. The molecule has 108 valence electrons. The largest absolute Gasteiger partial charge is 0.243 e. The van der Waals surface area contributed by atoms with Crippen molar-refractivity contribution in [1.82, 2.24) is 4.31 Å². The highest BCUT2D eigenvalue weighted by Crippen LogP contribution is 2.24. The fourth-order valence-electron chi connectivity index (χ4n) is 2.36. The number of hydrogen-bond donors (Lipinski definition) is 0. The molecule has 0 amide bonds. The summed E-state index contributed by atoms with van der Waals surface area (Å²) in [6.45, 7) is 2.10. The number of carbonyl (C=O) groups excluding carboxylic acids is 1. The van der Waals surface area contributed by atoms with Gasteiger partial charge in [-0.3, -0.25) is 0 Å². The van der Waals surface area contributed by atoms with Crippen LogP contribution in [0.15, 0.2) is 28.1 Å². The van der Waals surface area contributed by atoms with Gasteiger partial charge in [0.1, 0.15) is 5.82 Å². The summed E-state index contributed by atoms with van der Waals surface area (Å²) in [5, 5.41) is 0. The third kappa shape index (κ3) is 2.95. The van der Waals surface area contributed by atoms with E-state index in [0.29, 0.717) is 24.9 Å². The summed E-state index contributed by atoms with van der Waals surface area (Å²) in [7, 11) is -3.68. The van der Waals surface area contributed by atoms with Crippen LogP contribution in [-0.2, 0) is 14.8 Å². The molecule has 0 spiro atoms. The average molecular weight is 298 g/mol. The molecule has 0 bridgehead atoms. The highest BCUT2D eigenvalue weighted by molar-refractivity contribution is 7.89. The first-order valence-electron chi connectivity index (χ1n) is 6.28. The molecule has 1 saturated heterocycles. The molecule has 1 fully saturated rings. The zero-order valence-electron chi connectivity index (χ0n) is 11.0. The lowest BCUT2D eigenvalue weighted by molar-refractivity contribution is 0.316. The maximum Gasteiger partial charge on any atom is 0.243 e. The van der Waals surface area contributed by atoms with Crippen LogP contribution in [0.1, 0.15) is 18.4 Å². The van der Waals surface area contributed by atoms with Crippen molar-refractivity contribution < 1.29 is 17.6 Å². The second kappa shape index (κ2) is 5.83. The lowest BCUT2D eigenvalue weighted by atomic mass is 10.1. The Balaban J connectivity index is 2.32. The standard InChI is InChI=1S/C13H15FN2O3S/c1-10-7-11(14)4-5-13(10)20(18,19)16-6-2-3-12(8-16)15-9-17/h4-5,7,12H,2-3,6,8H2,1H3. The molecule has 0 N–H and O–H groups in total. The van der Waals surface area contributed by atoms with E-state index in [4.69, 9.17) is 0 Å². The maximum absolute atomic E-state index is 13.1. The van der Waals surface area contributed by atoms with E-state index in [-0.39, 0.29) is 17.5 Å². The molecule has 1 heterocycles. The van der Waals surface area contributed by atoms with E-state index in [1.807, 2.05) is 0 Å². The van der Waals surface area contributed by atoms with Gasteiger partial charge in [-0.05, 0) is 43.5 Å². The van der Waals surface area contributed by atoms with Crippen molar-refractivity contribution in [2.75, 3.05) is 13.1 Å². The Hall–Kier alpha value is -1.56. The summed E-state index contributed by atoms with van der Waals surface area (Å²) in [6, 6.07) is 3.24. The lowest BCUT2D eigenvalue weighted by Gasteiger charge is -2.29. The smallest absolute Gasteiger partial charge is 0.211 e. The Labute approximate surface area is 117 Å². The Morgan fingerprint density at radius 1 is 1.45 bits per heavy atom. The summed E-state index contributed by atoms with van der Waals surface area (Å²) >= 11 is 0. The molecule has 1 aromatic carbocycles. The Bertz CT molecular complexity index is 654. The van der Waals surface area contributed by atoms with Gasteiger partial charge in [0.15, 0.2) is 0 Å². The SMILES string of the molecule is Cc1cc(F)ccc1S(=O)(=O)N1CCCC(N=C=O)C1. The molecule has 2 rings (SSSR count). The van der Waals surface area contributed by atoms with Crippen LogP contribution in [0.25, 0.3) is 0 Å². The minimum Gasteiger partial charge on any atom is -0.211 e. The normalized spacial score (nSPS) is 20.4. The van der Waals surface area contributed by atoms with Crippen LogP contribution in [0, 0.1) is 12.7 Å². The number of nitrogens with zero attached hydrogens (tertiary/aromatic N) is 2. The third-order valence-electron chi connectivity index (χ3n) is 3.35. The zero-order chi connectivity index (χ0) is 14.8. The molecule has 1 unspecified atom stereocenters. The molecule has 0 saturated carbocycles. The van der Waals surface area contributed by atoms with Gasteiger partial charge < -0.3 is 0 Å². The van der Waals surface area contributed by atoms with Crippen molar-refractivity contribution in [1.29, 1.82) is 0 Å². The van der Waals surface area contributed by atoms with Crippen LogP contribution < -0.4 is 0 Å². The molecule has 0 radical (unpaired) electrons. The first-order chi connectivity index (χ1) is 9.45. The molecule has 0 aliphatic carbocycles. The molecule has 20 heavy (non-hydrogen) atoms. The van der Waals surface area contributed by atoms with Crippen LogP contribution >= 0.6 is 0 Å². The number of isocyanates is 1. The van der Waals surface area contributed by atoms with Crippen LogP contribution in [0.5, 0.6) is 0 Å². The third-order valence-corrected chi connectivity index (χ3v) is 5.37. The van der Waals surface area contributed by atoms with Crippen molar-refractivity contribution in [3.05, 3.63) is 29.6 Å². The minimum atomic E-state index is -3.68. The Morgan fingerprint density at radius 3 is 2.85 bits per heavy atom. The summed E-state index contributed by atoms with van der Waals surface area (Å²) in [6.07, 6.45) is 2.78. The summed E-state index contributed by atoms with van der Waals surface area (Å²) < 4.78 is 39.4. The van der Waals surface area contributed by atoms with Crippen LogP contribution in [-0.4, -0.2) is 37.9 Å². The average Bonchev–Trinajstić information content (AvgIpc) is 2.39. The Kier molecular flexibility index (Phi) is 4.32. The molecule has 1 atom stereocenters. The van der Waals surface area contributed by atoms with E-state index in [2.05, 4.69) is 4.99 Å². The summed E-state index contributed by atoms with van der Waals surface area (Å²) in [5.74, 6) is -0.469. The van der Waals surface area contributed by atoms with Gasteiger partial charge in [0, 0.05) is 13.1 Å². The van der Waals surface area contributed by atoms with Gasteiger partial charge in [-0.2, -0.15) is 4.31 Å². The molecule has 1 aliphatic rings.